The topological polar surface area (TPSA) is 119 Å². The van der Waals surface area contributed by atoms with E-state index in [2.05, 4.69) is 87.2 Å². The van der Waals surface area contributed by atoms with Crippen LogP contribution in [0.1, 0.15) is 34.5 Å². The van der Waals surface area contributed by atoms with E-state index in [0.717, 1.165) is 40.3 Å². The van der Waals surface area contributed by atoms with Crippen LogP contribution in [-0.2, 0) is 24.3 Å². The van der Waals surface area contributed by atoms with Crippen LogP contribution in [0.3, 0.4) is 0 Å². The van der Waals surface area contributed by atoms with Gasteiger partial charge in [-0.1, -0.05) is 59.7 Å². The molecule has 3 heterocycles. The molecule has 0 unspecified atom stereocenters. The van der Waals surface area contributed by atoms with Gasteiger partial charge in [0.1, 0.15) is 5.82 Å². The Kier molecular flexibility index (Phi) is 8.66. The number of aryl methyl sites for hydroxylation is 3. The van der Waals surface area contributed by atoms with Crippen molar-refractivity contribution in [3.8, 4) is 0 Å². The van der Waals surface area contributed by atoms with Crippen molar-refractivity contribution in [3.05, 3.63) is 114 Å². The monoisotopic (exact) mass is 508 g/mol. The van der Waals surface area contributed by atoms with Gasteiger partial charge >= 0.3 is 5.97 Å². The number of fused-ring (bicyclic) bond motifs is 1. The molecule has 2 aromatic carbocycles. The Morgan fingerprint density at radius 3 is 2.18 bits per heavy atom. The van der Waals surface area contributed by atoms with Crippen molar-refractivity contribution < 1.29 is 9.90 Å². The number of benzene rings is 2. The van der Waals surface area contributed by atoms with E-state index in [1.807, 2.05) is 6.07 Å². The summed E-state index contributed by atoms with van der Waals surface area (Å²) in [6, 6.07) is 20.4. The van der Waals surface area contributed by atoms with Crippen LogP contribution in [0, 0.1) is 13.8 Å². The second-order valence-electron chi connectivity index (χ2n) is 9.16. The van der Waals surface area contributed by atoms with Gasteiger partial charge in [0.05, 0.1) is 41.2 Å². The highest BCUT2D eigenvalue weighted by atomic mass is 16.4. The van der Waals surface area contributed by atoms with Gasteiger partial charge in [-0.05, 0) is 37.1 Å². The lowest BCUT2D eigenvalue weighted by Gasteiger charge is -2.09. The van der Waals surface area contributed by atoms with Crippen LogP contribution in [0.15, 0.2) is 85.5 Å². The predicted octanol–water partition coefficient (Wildman–Crippen LogP) is 5.39. The summed E-state index contributed by atoms with van der Waals surface area (Å²) in [6.45, 7) is 5.56. The van der Waals surface area contributed by atoms with Gasteiger partial charge in [-0.15, -0.1) is 0 Å². The van der Waals surface area contributed by atoms with Crippen molar-refractivity contribution >= 4 is 28.4 Å². The van der Waals surface area contributed by atoms with E-state index in [1.165, 1.54) is 16.7 Å². The van der Waals surface area contributed by atoms with Crippen molar-refractivity contribution in [2.45, 2.75) is 39.8 Å². The summed E-state index contributed by atoms with van der Waals surface area (Å²) < 4.78 is 2.05. The lowest BCUT2D eigenvalue weighted by molar-refractivity contribution is -0.137. The fourth-order valence-corrected chi connectivity index (χ4v) is 3.94. The number of nitrogens with zero attached hydrogens (tertiary/aromatic N) is 4. The third-order valence-electron chi connectivity index (χ3n) is 6.11. The molecule has 8 heteroatoms. The molecule has 0 spiro atoms. The molecule has 4 N–H and O–H groups in total. The standard InChI is InChI=1S/C17H17N3O2.C13H15N3/c1-12-2-4-13(5-3-12)11-20-15-10-18-9-8-14(15)19-16(20)6-7-17(21)22;1-10-2-4-11(5-3-10)8-16-13-9-15-7-6-12(13)14/h2-5,8-10H,6-7,11H2,1H3,(H,21,22);2-7,9,16H,8H2,1H3,(H2,14,15). The summed E-state index contributed by atoms with van der Waals surface area (Å²) in [5.41, 5.74) is 14.1. The molecule has 0 saturated carbocycles. The zero-order valence-corrected chi connectivity index (χ0v) is 21.6. The van der Waals surface area contributed by atoms with Gasteiger partial charge in [0.25, 0.3) is 0 Å². The summed E-state index contributed by atoms with van der Waals surface area (Å²) in [5.74, 6) is -0.0296. The number of hydrogen-bond donors (Lipinski definition) is 3. The summed E-state index contributed by atoms with van der Waals surface area (Å²) in [4.78, 5) is 23.6. The number of pyridine rings is 2. The molecule has 194 valence electrons. The summed E-state index contributed by atoms with van der Waals surface area (Å²) in [7, 11) is 0. The summed E-state index contributed by atoms with van der Waals surface area (Å²) in [5, 5.41) is 12.2. The Hall–Kier alpha value is -4.72. The maximum Gasteiger partial charge on any atom is 0.303 e. The minimum Gasteiger partial charge on any atom is -0.481 e. The second kappa shape index (κ2) is 12.5. The molecule has 5 rings (SSSR count). The molecule has 8 nitrogen and oxygen atoms in total. The van der Waals surface area contributed by atoms with Gasteiger partial charge < -0.3 is 20.7 Å². The van der Waals surface area contributed by atoms with E-state index in [4.69, 9.17) is 10.8 Å². The Morgan fingerprint density at radius 2 is 1.53 bits per heavy atom. The van der Waals surface area contributed by atoms with Crippen molar-refractivity contribution in [2.24, 2.45) is 0 Å². The highest BCUT2D eigenvalue weighted by Crippen LogP contribution is 2.19. The minimum absolute atomic E-state index is 0.0741. The number of rotatable bonds is 8. The smallest absolute Gasteiger partial charge is 0.303 e. The van der Waals surface area contributed by atoms with Crippen molar-refractivity contribution in [3.63, 3.8) is 0 Å². The third-order valence-corrected chi connectivity index (χ3v) is 6.11. The highest BCUT2D eigenvalue weighted by molar-refractivity contribution is 5.75. The number of aromatic nitrogens is 4. The van der Waals surface area contributed by atoms with E-state index in [-0.39, 0.29) is 6.42 Å². The quantitative estimate of drug-likeness (QED) is 0.257. The maximum absolute atomic E-state index is 10.8. The largest absolute Gasteiger partial charge is 0.481 e. The molecule has 0 aliphatic rings. The molecule has 38 heavy (non-hydrogen) atoms. The van der Waals surface area contributed by atoms with Crippen LogP contribution >= 0.6 is 0 Å². The molecule has 3 aromatic heterocycles. The van der Waals surface area contributed by atoms with Gasteiger partial charge in [0.2, 0.25) is 0 Å². The number of imidazole rings is 1. The number of carboxylic acids is 1. The number of aliphatic carboxylic acids is 1. The first kappa shape index (κ1) is 26.3. The van der Waals surface area contributed by atoms with Gasteiger partial charge in [-0.3, -0.25) is 14.8 Å². The predicted molar refractivity (Wildman–Crippen MR) is 151 cm³/mol. The number of nitrogens with one attached hydrogen (secondary N) is 1. The highest BCUT2D eigenvalue weighted by Gasteiger charge is 2.12. The molecule has 0 aliphatic heterocycles. The van der Waals surface area contributed by atoms with E-state index in [9.17, 15) is 4.79 Å². The lowest BCUT2D eigenvalue weighted by atomic mass is 10.1. The third kappa shape index (κ3) is 7.16. The van der Waals surface area contributed by atoms with Gasteiger partial charge in [-0.25, -0.2) is 4.98 Å². The molecular weight excluding hydrogens is 476 g/mol. The number of carbonyl (C=O) groups is 1. The maximum atomic E-state index is 10.8. The first-order chi connectivity index (χ1) is 18.4. The van der Waals surface area contributed by atoms with Crippen LogP contribution in [0.2, 0.25) is 0 Å². The molecule has 0 bridgehead atoms. The lowest BCUT2D eigenvalue weighted by Crippen LogP contribution is -2.08. The fourth-order valence-electron chi connectivity index (χ4n) is 3.94. The van der Waals surface area contributed by atoms with Crippen LogP contribution in [0.4, 0.5) is 11.4 Å². The summed E-state index contributed by atoms with van der Waals surface area (Å²) in [6.07, 6.45) is 7.39. The number of hydrogen-bond acceptors (Lipinski definition) is 6. The Morgan fingerprint density at radius 1 is 0.895 bits per heavy atom. The van der Waals surface area contributed by atoms with Crippen LogP contribution in [0.25, 0.3) is 11.0 Å². The van der Waals surface area contributed by atoms with Gasteiger partial charge in [0.15, 0.2) is 0 Å². The normalized spacial score (nSPS) is 10.6. The van der Waals surface area contributed by atoms with Crippen molar-refractivity contribution in [1.82, 2.24) is 19.5 Å². The van der Waals surface area contributed by atoms with E-state index in [0.29, 0.717) is 13.0 Å². The minimum atomic E-state index is -0.813. The number of carboxylic acid groups (broad SMARTS) is 1. The fraction of sp³-hybridized carbons (Fsp3) is 0.200. The van der Waals surface area contributed by atoms with E-state index >= 15 is 0 Å². The number of anilines is 2. The first-order valence-corrected chi connectivity index (χ1v) is 12.4. The molecule has 0 aliphatic carbocycles. The Labute approximate surface area is 222 Å². The van der Waals surface area contributed by atoms with Crippen LogP contribution < -0.4 is 11.1 Å². The van der Waals surface area contributed by atoms with Crippen LogP contribution in [-0.4, -0.2) is 30.6 Å². The summed E-state index contributed by atoms with van der Waals surface area (Å²) >= 11 is 0. The van der Waals surface area contributed by atoms with Crippen LogP contribution in [0.5, 0.6) is 0 Å². The van der Waals surface area contributed by atoms with Gasteiger partial charge in [0, 0.05) is 31.9 Å². The van der Waals surface area contributed by atoms with Crippen molar-refractivity contribution in [1.29, 1.82) is 0 Å². The second-order valence-corrected chi connectivity index (χ2v) is 9.16. The number of nitrogen functional groups attached to an aromatic ring is 1. The molecular formula is C30H32N6O2. The molecule has 0 atom stereocenters. The molecule has 0 radical (unpaired) electrons. The van der Waals surface area contributed by atoms with E-state index < -0.39 is 5.97 Å². The zero-order valence-electron chi connectivity index (χ0n) is 21.6. The molecule has 0 amide bonds. The van der Waals surface area contributed by atoms with Gasteiger partial charge in [-0.2, -0.15) is 0 Å². The Balaban J connectivity index is 0.000000186. The molecule has 0 fully saturated rings. The average Bonchev–Trinajstić information content (AvgIpc) is 3.27. The first-order valence-electron chi connectivity index (χ1n) is 12.4. The molecule has 5 aromatic rings. The zero-order chi connectivity index (χ0) is 26.9. The Bertz CT molecular complexity index is 1490. The molecule has 0 saturated heterocycles. The van der Waals surface area contributed by atoms with Crippen molar-refractivity contribution in [2.75, 3.05) is 11.1 Å². The van der Waals surface area contributed by atoms with E-state index in [1.54, 1.807) is 30.9 Å². The average molecular weight is 509 g/mol. The SMILES string of the molecule is Cc1ccc(CNc2cnccc2N)cc1.Cc1ccc(Cn2c(CCC(=O)O)nc3ccncc32)cc1. The number of nitrogens with two attached hydrogens (primary N) is 1.